The molecule has 0 atom stereocenters. The van der Waals surface area contributed by atoms with Gasteiger partial charge < -0.3 is 5.32 Å². The van der Waals surface area contributed by atoms with Crippen LogP contribution in [0.3, 0.4) is 0 Å². The van der Waals surface area contributed by atoms with Crippen LogP contribution in [0.1, 0.15) is 54.6 Å². The van der Waals surface area contributed by atoms with Crippen LogP contribution in [0, 0.1) is 13.8 Å². The Hall–Kier alpha value is -2.38. The molecule has 7 heteroatoms. The standard InChI is InChI=1S/C24H33N3O3S/c1-18-8-11-20(12-9-18)26-31(29,30)21-13-10-19(2)22(16-21)23(28)25-17-24(3,4)27-14-6-5-7-15-27/h8-13,16,26H,5-7,14-15,17H2,1-4H3,(H,25,28). The first-order valence-corrected chi connectivity index (χ1v) is 12.3. The number of sulfonamides is 1. The van der Waals surface area contributed by atoms with Gasteiger partial charge in [0.1, 0.15) is 0 Å². The topological polar surface area (TPSA) is 78.5 Å². The lowest BCUT2D eigenvalue weighted by molar-refractivity contribution is 0.0797. The number of anilines is 1. The molecule has 1 saturated heterocycles. The highest BCUT2D eigenvalue weighted by atomic mass is 32.2. The molecule has 1 amide bonds. The molecule has 1 heterocycles. The van der Waals surface area contributed by atoms with E-state index in [-0.39, 0.29) is 16.3 Å². The van der Waals surface area contributed by atoms with Crippen molar-refractivity contribution in [3.63, 3.8) is 0 Å². The van der Waals surface area contributed by atoms with Crippen molar-refractivity contribution in [3.8, 4) is 0 Å². The smallest absolute Gasteiger partial charge is 0.261 e. The van der Waals surface area contributed by atoms with E-state index in [0.717, 1.165) is 24.2 Å². The number of benzene rings is 2. The molecule has 3 rings (SSSR count). The largest absolute Gasteiger partial charge is 0.350 e. The van der Waals surface area contributed by atoms with Crippen LogP contribution in [-0.2, 0) is 10.0 Å². The van der Waals surface area contributed by atoms with E-state index in [1.54, 1.807) is 18.2 Å². The predicted molar refractivity (Wildman–Crippen MR) is 125 cm³/mol. The Kier molecular flexibility index (Phi) is 7.06. The number of amides is 1. The van der Waals surface area contributed by atoms with Crippen LogP contribution in [0.4, 0.5) is 5.69 Å². The van der Waals surface area contributed by atoms with E-state index in [4.69, 9.17) is 0 Å². The van der Waals surface area contributed by atoms with Crippen LogP contribution in [0.5, 0.6) is 0 Å². The second-order valence-corrected chi connectivity index (χ2v) is 10.7. The molecule has 0 unspecified atom stereocenters. The van der Waals surface area contributed by atoms with Gasteiger partial charge in [-0.15, -0.1) is 0 Å². The fourth-order valence-corrected chi connectivity index (χ4v) is 4.94. The number of aryl methyl sites for hydroxylation is 2. The van der Waals surface area contributed by atoms with Gasteiger partial charge in [-0.2, -0.15) is 0 Å². The molecule has 0 saturated carbocycles. The molecule has 0 aliphatic carbocycles. The third-order valence-corrected chi connectivity index (χ3v) is 7.34. The molecule has 1 aliphatic heterocycles. The monoisotopic (exact) mass is 443 g/mol. The molecule has 1 aliphatic rings. The van der Waals surface area contributed by atoms with Crippen molar-refractivity contribution in [1.29, 1.82) is 0 Å². The van der Waals surface area contributed by atoms with Crippen molar-refractivity contribution in [3.05, 3.63) is 59.2 Å². The van der Waals surface area contributed by atoms with Crippen LogP contribution in [0.15, 0.2) is 47.4 Å². The molecular formula is C24H33N3O3S. The summed E-state index contributed by atoms with van der Waals surface area (Å²) in [6.45, 7) is 10.6. The van der Waals surface area contributed by atoms with Gasteiger partial charge in [0.2, 0.25) is 0 Å². The summed E-state index contributed by atoms with van der Waals surface area (Å²) in [5.41, 5.74) is 2.50. The zero-order chi connectivity index (χ0) is 22.6. The molecule has 0 radical (unpaired) electrons. The maximum absolute atomic E-state index is 12.9. The third-order valence-electron chi connectivity index (χ3n) is 5.96. The summed E-state index contributed by atoms with van der Waals surface area (Å²) >= 11 is 0. The molecule has 0 spiro atoms. The molecule has 168 valence electrons. The summed E-state index contributed by atoms with van der Waals surface area (Å²) in [5, 5.41) is 3.02. The Morgan fingerprint density at radius 1 is 1.00 bits per heavy atom. The molecule has 0 bridgehead atoms. The summed E-state index contributed by atoms with van der Waals surface area (Å²) in [7, 11) is -3.80. The van der Waals surface area contributed by atoms with Gasteiger partial charge in [0, 0.05) is 23.3 Å². The minimum absolute atomic E-state index is 0.0686. The molecule has 31 heavy (non-hydrogen) atoms. The van der Waals surface area contributed by atoms with Gasteiger partial charge >= 0.3 is 0 Å². The van der Waals surface area contributed by atoms with Crippen molar-refractivity contribution in [2.45, 2.75) is 57.4 Å². The number of rotatable bonds is 7. The highest BCUT2D eigenvalue weighted by Crippen LogP contribution is 2.22. The van der Waals surface area contributed by atoms with Crippen molar-refractivity contribution in [2.75, 3.05) is 24.4 Å². The number of hydrogen-bond acceptors (Lipinski definition) is 4. The first kappa shape index (κ1) is 23.3. The Morgan fingerprint density at radius 3 is 2.29 bits per heavy atom. The maximum atomic E-state index is 12.9. The second-order valence-electron chi connectivity index (χ2n) is 8.99. The first-order chi connectivity index (χ1) is 14.6. The van der Waals surface area contributed by atoms with Gasteiger partial charge in [-0.05, 0) is 83.5 Å². The summed E-state index contributed by atoms with van der Waals surface area (Å²) in [4.78, 5) is 15.4. The lowest BCUT2D eigenvalue weighted by atomic mass is 9.98. The first-order valence-electron chi connectivity index (χ1n) is 10.8. The van der Waals surface area contributed by atoms with Crippen LogP contribution in [0.2, 0.25) is 0 Å². The number of nitrogens with zero attached hydrogens (tertiary/aromatic N) is 1. The van der Waals surface area contributed by atoms with Gasteiger partial charge in [0.05, 0.1) is 4.90 Å². The molecule has 2 aromatic rings. The number of nitrogens with one attached hydrogen (secondary N) is 2. The normalized spacial score (nSPS) is 15.5. The van der Waals surface area contributed by atoms with Gasteiger partial charge in [-0.1, -0.05) is 30.2 Å². The summed E-state index contributed by atoms with van der Waals surface area (Å²) in [5.74, 6) is -0.255. The van der Waals surface area contributed by atoms with E-state index in [1.807, 2.05) is 26.0 Å². The zero-order valence-electron chi connectivity index (χ0n) is 18.9. The van der Waals surface area contributed by atoms with Crippen LogP contribution < -0.4 is 10.0 Å². The van der Waals surface area contributed by atoms with Crippen molar-refractivity contribution < 1.29 is 13.2 Å². The van der Waals surface area contributed by atoms with E-state index in [9.17, 15) is 13.2 Å². The summed E-state index contributed by atoms with van der Waals surface area (Å²) in [6, 6.07) is 11.8. The molecule has 2 aromatic carbocycles. The lowest BCUT2D eigenvalue weighted by Crippen LogP contribution is -2.53. The lowest BCUT2D eigenvalue weighted by Gasteiger charge is -2.41. The van der Waals surface area contributed by atoms with Gasteiger partial charge in [0.25, 0.3) is 15.9 Å². The predicted octanol–water partition coefficient (Wildman–Crippen LogP) is 4.10. The van der Waals surface area contributed by atoms with Gasteiger partial charge in [-0.25, -0.2) is 8.42 Å². The van der Waals surface area contributed by atoms with Gasteiger partial charge in [0.15, 0.2) is 0 Å². The number of carbonyl (C=O) groups is 1. The van der Waals surface area contributed by atoms with Crippen LogP contribution in [0.25, 0.3) is 0 Å². The molecule has 6 nitrogen and oxygen atoms in total. The Labute approximate surface area is 186 Å². The number of piperidine rings is 1. The average Bonchev–Trinajstić information content (AvgIpc) is 2.74. The minimum atomic E-state index is -3.80. The number of likely N-dealkylation sites (tertiary alicyclic amines) is 1. The average molecular weight is 444 g/mol. The fraction of sp³-hybridized carbons (Fsp3) is 0.458. The highest BCUT2D eigenvalue weighted by Gasteiger charge is 2.28. The highest BCUT2D eigenvalue weighted by molar-refractivity contribution is 7.92. The van der Waals surface area contributed by atoms with Crippen molar-refractivity contribution >= 4 is 21.6 Å². The Morgan fingerprint density at radius 2 is 1.65 bits per heavy atom. The minimum Gasteiger partial charge on any atom is -0.350 e. The fourth-order valence-electron chi connectivity index (χ4n) is 3.85. The molecule has 1 fully saturated rings. The number of carbonyl (C=O) groups excluding carboxylic acids is 1. The van der Waals surface area contributed by atoms with Crippen molar-refractivity contribution in [2.24, 2.45) is 0 Å². The van der Waals surface area contributed by atoms with E-state index < -0.39 is 10.0 Å². The van der Waals surface area contributed by atoms with Crippen molar-refractivity contribution in [1.82, 2.24) is 10.2 Å². The van der Waals surface area contributed by atoms with E-state index in [1.165, 1.54) is 31.4 Å². The summed E-state index contributed by atoms with van der Waals surface area (Å²) < 4.78 is 28.3. The number of hydrogen-bond donors (Lipinski definition) is 2. The van der Waals surface area contributed by atoms with Gasteiger partial charge in [-0.3, -0.25) is 14.4 Å². The Balaban J connectivity index is 1.73. The third kappa shape index (κ3) is 5.86. The summed E-state index contributed by atoms with van der Waals surface area (Å²) in [6.07, 6.45) is 3.63. The van der Waals surface area contributed by atoms with Crippen LogP contribution >= 0.6 is 0 Å². The molecular weight excluding hydrogens is 410 g/mol. The molecule has 0 aromatic heterocycles. The molecule has 2 N–H and O–H groups in total. The second kappa shape index (κ2) is 9.40. The Bertz CT molecular complexity index is 1020. The van der Waals surface area contributed by atoms with E-state index >= 15 is 0 Å². The quantitative estimate of drug-likeness (QED) is 0.675. The maximum Gasteiger partial charge on any atom is 0.261 e. The SMILES string of the molecule is Cc1ccc(NS(=O)(=O)c2ccc(C)c(C(=O)NCC(C)(C)N3CCCCC3)c2)cc1. The van der Waals surface area contributed by atoms with E-state index in [0.29, 0.717) is 17.8 Å². The van der Waals surface area contributed by atoms with E-state index in [2.05, 4.69) is 28.8 Å². The zero-order valence-corrected chi connectivity index (χ0v) is 19.7. The van der Waals surface area contributed by atoms with Crippen LogP contribution in [-0.4, -0.2) is 44.4 Å².